The van der Waals surface area contributed by atoms with Crippen molar-refractivity contribution in [2.45, 2.75) is 70.6 Å². The Morgan fingerprint density at radius 3 is 2.53 bits per heavy atom. The lowest BCUT2D eigenvalue weighted by atomic mass is 9.91. The van der Waals surface area contributed by atoms with Crippen molar-refractivity contribution in [3.05, 3.63) is 0 Å². The Balaban J connectivity index is 1.67. The SMILES string of the molecule is CCCCOC[C@@H]1[C@H]2OC(C)(C)O[C@H]2[C@@H](O)C12CC2. The second-order valence-corrected chi connectivity index (χ2v) is 6.78. The van der Waals surface area contributed by atoms with Crippen LogP contribution >= 0.6 is 0 Å². The fourth-order valence-electron chi connectivity index (χ4n) is 3.77. The monoisotopic (exact) mass is 270 g/mol. The topological polar surface area (TPSA) is 47.9 Å². The molecule has 4 nitrogen and oxygen atoms in total. The molecule has 2 saturated carbocycles. The maximum Gasteiger partial charge on any atom is 0.163 e. The Morgan fingerprint density at radius 2 is 1.89 bits per heavy atom. The molecule has 0 aromatic heterocycles. The summed E-state index contributed by atoms with van der Waals surface area (Å²) in [6.45, 7) is 7.51. The van der Waals surface area contributed by atoms with Gasteiger partial charge in [0.25, 0.3) is 0 Å². The number of aliphatic hydroxyl groups excluding tert-OH is 1. The van der Waals surface area contributed by atoms with Crippen molar-refractivity contribution in [1.82, 2.24) is 0 Å². The molecule has 19 heavy (non-hydrogen) atoms. The number of fused-ring (bicyclic) bond motifs is 1. The van der Waals surface area contributed by atoms with Crippen molar-refractivity contribution < 1.29 is 19.3 Å². The summed E-state index contributed by atoms with van der Waals surface area (Å²) in [4.78, 5) is 0. The Morgan fingerprint density at radius 1 is 1.21 bits per heavy atom. The molecule has 1 spiro atoms. The molecule has 1 aliphatic heterocycles. The van der Waals surface area contributed by atoms with Gasteiger partial charge >= 0.3 is 0 Å². The third-order valence-corrected chi connectivity index (χ3v) is 4.97. The molecule has 4 heteroatoms. The first-order valence-electron chi connectivity index (χ1n) is 7.62. The van der Waals surface area contributed by atoms with Gasteiger partial charge in [-0.3, -0.25) is 0 Å². The first kappa shape index (κ1) is 13.8. The molecule has 3 aliphatic rings. The molecule has 1 heterocycles. The van der Waals surface area contributed by atoms with Crippen LogP contribution in [0, 0.1) is 11.3 Å². The van der Waals surface area contributed by atoms with E-state index >= 15 is 0 Å². The van der Waals surface area contributed by atoms with E-state index in [2.05, 4.69) is 6.92 Å². The minimum absolute atomic E-state index is 0.00544. The van der Waals surface area contributed by atoms with Gasteiger partial charge in [0, 0.05) is 17.9 Å². The van der Waals surface area contributed by atoms with Gasteiger partial charge in [-0.25, -0.2) is 0 Å². The van der Waals surface area contributed by atoms with Gasteiger partial charge in [0.05, 0.1) is 18.8 Å². The van der Waals surface area contributed by atoms with Gasteiger partial charge in [0.1, 0.15) is 6.10 Å². The van der Waals surface area contributed by atoms with Gasteiger partial charge in [-0.1, -0.05) is 13.3 Å². The van der Waals surface area contributed by atoms with E-state index in [0.717, 1.165) is 32.3 Å². The van der Waals surface area contributed by atoms with Gasteiger partial charge < -0.3 is 19.3 Å². The Bertz CT molecular complexity index is 337. The molecule has 3 fully saturated rings. The predicted octanol–water partition coefficient (Wildman–Crippen LogP) is 2.09. The highest BCUT2D eigenvalue weighted by Gasteiger charge is 2.70. The van der Waals surface area contributed by atoms with Crippen LogP contribution in [0.25, 0.3) is 0 Å². The fraction of sp³-hybridized carbons (Fsp3) is 1.00. The van der Waals surface area contributed by atoms with Crippen molar-refractivity contribution in [2.75, 3.05) is 13.2 Å². The first-order valence-corrected chi connectivity index (χ1v) is 7.62. The number of unbranched alkanes of at least 4 members (excludes halogenated alkanes) is 1. The summed E-state index contributed by atoms with van der Waals surface area (Å²) in [6.07, 6.45) is 3.84. The smallest absolute Gasteiger partial charge is 0.163 e. The second-order valence-electron chi connectivity index (χ2n) is 6.78. The van der Waals surface area contributed by atoms with Crippen LogP contribution < -0.4 is 0 Å². The van der Waals surface area contributed by atoms with E-state index in [4.69, 9.17) is 14.2 Å². The van der Waals surface area contributed by atoms with Crippen molar-refractivity contribution in [3.63, 3.8) is 0 Å². The maximum absolute atomic E-state index is 10.5. The highest BCUT2D eigenvalue weighted by molar-refractivity contribution is 5.17. The molecule has 3 rings (SSSR count). The molecular weight excluding hydrogens is 244 g/mol. The van der Waals surface area contributed by atoms with Crippen LogP contribution in [0.1, 0.15) is 46.5 Å². The van der Waals surface area contributed by atoms with E-state index in [1.165, 1.54) is 0 Å². The highest BCUT2D eigenvalue weighted by Crippen LogP contribution is 2.64. The minimum atomic E-state index is -0.575. The number of hydrogen-bond donors (Lipinski definition) is 1. The number of rotatable bonds is 5. The van der Waals surface area contributed by atoms with Crippen molar-refractivity contribution in [2.24, 2.45) is 11.3 Å². The molecule has 1 N–H and O–H groups in total. The highest BCUT2D eigenvalue weighted by atomic mass is 16.8. The summed E-state index contributed by atoms with van der Waals surface area (Å²) in [5.41, 5.74) is 0.0120. The molecule has 1 saturated heterocycles. The minimum Gasteiger partial charge on any atom is -0.390 e. The molecule has 2 aliphatic carbocycles. The van der Waals surface area contributed by atoms with Crippen LogP contribution in [0.15, 0.2) is 0 Å². The number of aliphatic hydroxyl groups is 1. The summed E-state index contributed by atoms with van der Waals surface area (Å²) in [6, 6.07) is 0. The van der Waals surface area contributed by atoms with Crippen molar-refractivity contribution >= 4 is 0 Å². The van der Waals surface area contributed by atoms with E-state index in [-0.39, 0.29) is 29.6 Å². The average molecular weight is 270 g/mol. The summed E-state index contributed by atoms with van der Waals surface area (Å²) >= 11 is 0. The van der Waals surface area contributed by atoms with Crippen LogP contribution in [0.3, 0.4) is 0 Å². The van der Waals surface area contributed by atoms with Gasteiger partial charge in [0.15, 0.2) is 5.79 Å². The number of ether oxygens (including phenoxy) is 3. The summed E-state index contributed by atoms with van der Waals surface area (Å²) < 4.78 is 17.7. The van der Waals surface area contributed by atoms with Crippen molar-refractivity contribution in [3.8, 4) is 0 Å². The third kappa shape index (κ3) is 2.23. The fourth-order valence-corrected chi connectivity index (χ4v) is 3.77. The van der Waals surface area contributed by atoms with E-state index in [1.54, 1.807) is 0 Å². The quantitative estimate of drug-likeness (QED) is 0.777. The van der Waals surface area contributed by atoms with E-state index in [1.807, 2.05) is 13.8 Å². The zero-order chi connectivity index (χ0) is 13.7. The van der Waals surface area contributed by atoms with Gasteiger partial charge in [-0.2, -0.15) is 0 Å². The summed E-state index contributed by atoms with van der Waals surface area (Å²) in [5.74, 6) is -0.291. The average Bonchev–Trinajstić information content (AvgIpc) is 3.04. The Hall–Kier alpha value is -0.160. The van der Waals surface area contributed by atoms with E-state index in [0.29, 0.717) is 6.61 Å². The van der Waals surface area contributed by atoms with Crippen LogP contribution in [0.5, 0.6) is 0 Å². The zero-order valence-corrected chi connectivity index (χ0v) is 12.2. The molecule has 0 radical (unpaired) electrons. The van der Waals surface area contributed by atoms with E-state index in [9.17, 15) is 5.11 Å². The molecule has 0 amide bonds. The van der Waals surface area contributed by atoms with Crippen LogP contribution in [0.2, 0.25) is 0 Å². The molecule has 110 valence electrons. The molecular formula is C15H26O4. The lowest BCUT2D eigenvalue weighted by Crippen LogP contribution is -2.34. The zero-order valence-electron chi connectivity index (χ0n) is 12.2. The van der Waals surface area contributed by atoms with Crippen LogP contribution in [0.4, 0.5) is 0 Å². The van der Waals surface area contributed by atoms with Gasteiger partial charge in [0.2, 0.25) is 0 Å². The normalized spacial score (nSPS) is 41.7. The van der Waals surface area contributed by atoms with Gasteiger partial charge in [-0.05, 0) is 33.1 Å². The van der Waals surface area contributed by atoms with Crippen LogP contribution in [-0.2, 0) is 14.2 Å². The summed E-state index contributed by atoms with van der Waals surface area (Å²) in [7, 11) is 0. The predicted molar refractivity (Wildman–Crippen MR) is 70.7 cm³/mol. The molecule has 0 aromatic rings. The Kier molecular flexibility index (Phi) is 3.41. The summed E-state index contributed by atoms with van der Waals surface area (Å²) in [5, 5.41) is 10.5. The Labute approximate surface area is 115 Å². The molecule has 4 atom stereocenters. The lowest BCUT2D eigenvalue weighted by Gasteiger charge is -2.28. The maximum atomic E-state index is 10.5. The third-order valence-electron chi connectivity index (χ3n) is 4.97. The second kappa shape index (κ2) is 4.69. The van der Waals surface area contributed by atoms with Crippen LogP contribution in [-0.4, -0.2) is 42.4 Å². The van der Waals surface area contributed by atoms with Gasteiger partial charge in [-0.15, -0.1) is 0 Å². The largest absolute Gasteiger partial charge is 0.390 e. The molecule has 0 aromatic carbocycles. The van der Waals surface area contributed by atoms with E-state index < -0.39 is 5.79 Å². The first-order chi connectivity index (χ1) is 9.00. The molecule has 0 bridgehead atoms. The number of hydrogen-bond acceptors (Lipinski definition) is 4. The lowest BCUT2D eigenvalue weighted by molar-refractivity contribution is -0.179. The standard InChI is InChI=1S/C15H26O4/c1-4-5-8-17-9-10-11-12(19-14(2,3)18-11)13(16)15(10)6-7-15/h10-13,16H,4-9H2,1-3H3/t10-,11-,12-,13-/m1/s1. The van der Waals surface area contributed by atoms with Crippen molar-refractivity contribution in [1.29, 1.82) is 0 Å². The molecule has 0 unspecified atom stereocenters.